The molecule has 3 nitrogen and oxygen atoms in total. The quantitative estimate of drug-likeness (QED) is 0.641. The van der Waals surface area contributed by atoms with E-state index in [4.69, 9.17) is 0 Å². The van der Waals surface area contributed by atoms with E-state index in [9.17, 15) is 4.79 Å². The predicted molar refractivity (Wildman–Crippen MR) is 109 cm³/mol. The summed E-state index contributed by atoms with van der Waals surface area (Å²) in [6, 6.07) is 16.3. The molecule has 0 saturated carbocycles. The van der Waals surface area contributed by atoms with Gasteiger partial charge in [0.1, 0.15) is 0 Å². The van der Waals surface area contributed by atoms with Crippen LogP contribution in [-0.2, 0) is 0 Å². The second-order valence-corrected chi connectivity index (χ2v) is 7.84. The van der Waals surface area contributed by atoms with E-state index in [-0.39, 0.29) is 11.9 Å². The standard InChI is InChI=1S/C20H22N2OS2/c1-22(2)17(16-13-25-19-11-7-4-8-14(16)19)12-21-20(23)15-9-5-6-10-18(15)24-3/h4-11,13,17H,12H2,1-3H3,(H,21,23)/t17-/m0/s1. The Morgan fingerprint density at radius 3 is 2.64 bits per heavy atom. The van der Waals surface area contributed by atoms with E-state index < -0.39 is 0 Å². The fourth-order valence-electron chi connectivity index (χ4n) is 2.94. The third kappa shape index (κ3) is 3.89. The van der Waals surface area contributed by atoms with Gasteiger partial charge in [-0.1, -0.05) is 30.3 Å². The van der Waals surface area contributed by atoms with Crippen LogP contribution < -0.4 is 5.32 Å². The van der Waals surface area contributed by atoms with Gasteiger partial charge < -0.3 is 10.2 Å². The average molecular weight is 371 g/mol. The Morgan fingerprint density at radius 2 is 1.88 bits per heavy atom. The second-order valence-electron chi connectivity index (χ2n) is 6.08. The molecule has 0 saturated heterocycles. The molecule has 3 aromatic rings. The number of nitrogens with one attached hydrogen (secondary N) is 1. The summed E-state index contributed by atoms with van der Waals surface area (Å²) in [5, 5.41) is 6.59. The molecule has 25 heavy (non-hydrogen) atoms. The summed E-state index contributed by atoms with van der Waals surface area (Å²) < 4.78 is 1.28. The number of likely N-dealkylation sites (N-methyl/N-ethyl adjacent to an activating group) is 1. The van der Waals surface area contributed by atoms with Crippen LogP contribution in [0.25, 0.3) is 10.1 Å². The van der Waals surface area contributed by atoms with Gasteiger partial charge in [-0.15, -0.1) is 23.1 Å². The zero-order valence-corrected chi connectivity index (χ0v) is 16.3. The molecule has 1 atom stereocenters. The molecule has 1 N–H and O–H groups in total. The van der Waals surface area contributed by atoms with Crippen LogP contribution in [0.15, 0.2) is 58.8 Å². The highest BCUT2D eigenvalue weighted by atomic mass is 32.2. The van der Waals surface area contributed by atoms with Crippen molar-refractivity contribution >= 4 is 39.1 Å². The lowest BCUT2D eigenvalue weighted by Crippen LogP contribution is -2.34. The minimum Gasteiger partial charge on any atom is -0.350 e. The normalized spacial score (nSPS) is 12.5. The number of nitrogens with zero attached hydrogens (tertiary/aromatic N) is 1. The van der Waals surface area contributed by atoms with Crippen molar-refractivity contribution in [1.82, 2.24) is 10.2 Å². The SMILES string of the molecule is CSc1ccccc1C(=O)NC[C@@H](c1csc2ccccc12)N(C)C. The Morgan fingerprint density at radius 1 is 1.16 bits per heavy atom. The number of thioether (sulfide) groups is 1. The monoisotopic (exact) mass is 370 g/mol. The van der Waals surface area contributed by atoms with Crippen LogP contribution in [0.3, 0.4) is 0 Å². The lowest BCUT2D eigenvalue weighted by atomic mass is 10.0. The number of carbonyl (C=O) groups is 1. The molecule has 0 bridgehead atoms. The van der Waals surface area contributed by atoms with Crippen LogP contribution in [0.2, 0.25) is 0 Å². The number of rotatable bonds is 6. The van der Waals surface area contributed by atoms with Gasteiger partial charge in [-0.05, 0) is 54.9 Å². The summed E-state index contributed by atoms with van der Waals surface area (Å²) in [6.07, 6.45) is 1.99. The third-order valence-corrected chi connectivity index (χ3v) is 6.08. The van der Waals surface area contributed by atoms with Crippen molar-refractivity contribution in [3.05, 3.63) is 65.0 Å². The number of carbonyl (C=O) groups excluding carboxylic acids is 1. The number of hydrogen-bond acceptors (Lipinski definition) is 4. The minimum absolute atomic E-state index is 0.0173. The maximum absolute atomic E-state index is 12.6. The molecule has 1 amide bonds. The molecule has 0 aliphatic carbocycles. The Bertz CT molecular complexity index is 873. The van der Waals surface area contributed by atoms with Crippen molar-refractivity contribution in [3.63, 3.8) is 0 Å². The third-order valence-electron chi connectivity index (χ3n) is 4.30. The van der Waals surface area contributed by atoms with Gasteiger partial charge >= 0.3 is 0 Å². The Labute approximate surface area is 157 Å². The van der Waals surface area contributed by atoms with Crippen LogP contribution in [0.5, 0.6) is 0 Å². The largest absolute Gasteiger partial charge is 0.350 e. The van der Waals surface area contributed by atoms with Gasteiger partial charge in [-0.25, -0.2) is 0 Å². The molecule has 0 radical (unpaired) electrons. The fourth-order valence-corrected chi connectivity index (χ4v) is 4.55. The van der Waals surface area contributed by atoms with Crippen LogP contribution in [-0.4, -0.2) is 37.7 Å². The summed E-state index contributed by atoms with van der Waals surface area (Å²) in [7, 11) is 4.11. The first kappa shape index (κ1) is 18.0. The van der Waals surface area contributed by atoms with Crippen molar-refractivity contribution in [2.75, 3.05) is 26.9 Å². The highest BCUT2D eigenvalue weighted by Crippen LogP contribution is 2.32. The number of thiophene rings is 1. The van der Waals surface area contributed by atoms with Gasteiger partial charge in [-0.2, -0.15) is 0 Å². The Balaban J connectivity index is 1.80. The van der Waals surface area contributed by atoms with Gasteiger partial charge in [0, 0.05) is 16.1 Å². The summed E-state index contributed by atoms with van der Waals surface area (Å²) >= 11 is 3.35. The molecule has 1 heterocycles. The van der Waals surface area contributed by atoms with Crippen molar-refractivity contribution in [3.8, 4) is 0 Å². The first-order valence-electron chi connectivity index (χ1n) is 8.15. The number of amides is 1. The summed E-state index contributed by atoms with van der Waals surface area (Å²) in [6.45, 7) is 0.579. The van der Waals surface area contributed by atoms with Gasteiger partial charge in [0.25, 0.3) is 5.91 Å². The maximum Gasteiger partial charge on any atom is 0.252 e. The van der Waals surface area contributed by atoms with Crippen LogP contribution >= 0.6 is 23.1 Å². The van der Waals surface area contributed by atoms with Crippen LogP contribution in [0.1, 0.15) is 22.0 Å². The Hall–Kier alpha value is -1.82. The molecule has 5 heteroatoms. The van der Waals surface area contributed by atoms with E-state index in [0.717, 1.165) is 10.5 Å². The van der Waals surface area contributed by atoms with E-state index in [1.165, 1.54) is 15.6 Å². The van der Waals surface area contributed by atoms with E-state index in [0.29, 0.717) is 6.54 Å². The highest BCUT2D eigenvalue weighted by Gasteiger charge is 2.20. The molecular formula is C20H22N2OS2. The predicted octanol–water partition coefficient (Wildman–Crippen LogP) is 4.66. The fraction of sp³-hybridized carbons (Fsp3) is 0.250. The van der Waals surface area contributed by atoms with E-state index >= 15 is 0 Å². The average Bonchev–Trinajstić information content (AvgIpc) is 3.05. The molecule has 0 aliphatic rings. The lowest BCUT2D eigenvalue weighted by Gasteiger charge is -2.25. The maximum atomic E-state index is 12.6. The van der Waals surface area contributed by atoms with Gasteiger partial charge in [-0.3, -0.25) is 4.79 Å². The van der Waals surface area contributed by atoms with Gasteiger partial charge in [0.15, 0.2) is 0 Å². The van der Waals surface area contributed by atoms with Crippen molar-refractivity contribution < 1.29 is 4.79 Å². The number of fused-ring (bicyclic) bond motifs is 1. The molecule has 0 fully saturated rings. The van der Waals surface area contributed by atoms with Crippen molar-refractivity contribution in [1.29, 1.82) is 0 Å². The Kier molecular flexibility index (Phi) is 5.78. The minimum atomic E-state index is -0.0173. The number of benzene rings is 2. The second kappa shape index (κ2) is 8.04. The first-order chi connectivity index (χ1) is 12.1. The summed E-state index contributed by atoms with van der Waals surface area (Å²) in [4.78, 5) is 15.8. The van der Waals surface area contributed by atoms with E-state index in [1.54, 1.807) is 23.1 Å². The molecule has 1 aromatic heterocycles. The van der Waals surface area contributed by atoms with E-state index in [1.807, 2.05) is 30.5 Å². The van der Waals surface area contributed by atoms with Crippen molar-refractivity contribution in [2.45, 2.75) is 10.9 Å². The van der Waals surface area contributed by atoms with Gasteiger partial charge in [0.05, 0.1) is 11.6 Å². The van der Waals surface area contributed by atoms with Crippen molar-refractivity contribution in [2.24, 2.45) is 0 Å². The molecule has 0 aliphatic heterocycles. The topological polar surface area (TPSA) is 32.3 Å². The van der Waals surface area contributed by atoms with Gasteiger partial charge in [0.2, 0.25) is 0 Å². The van der Waals surface area contributed by atoms with Crippen LogP contribution in [0, 0.1) is 0 Å². The highest BCUT2D eigenvalue weighted by molar-refractivity contribution is 7.98. The summed E-state index contributed by atoms with van der Waals surface area (Å²) in [5.74, 6) is -0.0173. The molecular weight excluding hydrogens is 348 g/mol. The lowest BCUT2D eigenvalue weighted by molar-refractivity contribution is 0.0939. The zero-order valence-electron chi connectivity index (χ0n) is 14.7. The smallest absolute Gasteiger partial charge is 0.252 e. The van der Waals surface area contributed by atoms with Crippen LogP contribution in [0.4, 0.5) is 0 Å². The molecule has 0 spiro atoms. The van der Waals surface area contributed by atoms with E-state index in [2.05, 4.69) is 54.0 Å². The molecule has 0 unspecified atom stereocenters. The summed E-state index contributed by atoms with van der Waals surface area (Å²) in [5.41, 5.74) is 2.01. The molecule has 2 aromatic carbocycles. The zero-order chi connectivity index (χ0) is 17.8. The molecule has 3 rings (SSSR count). The molecule has 130 valence electrons. The number of hydrogen-bond donors (Lipinski definition) is 1. The first-order valence-corrected chi connectivity index (χ1v) is 10.3.